The van der Waals surface area contributed by atoms with Crippen LogP contribution in [0.4, 0.5) is 0 Å². The Morgan fingerprint density at radius 2 is 2.38 bits per heavy atom. The first-order chi connectivity index (χ1) is 7.83. The van der Waals surface area contributed by atoms with E-state index in [4.69, 9.17) is 0 Å². The summed E-state index contributed by atoms with van der Waals surface area (Å²) in [6, 6.07) is 2.17. The Morgan fingerprint density at radius 1 is 1.50 bits per heavy atom. The molecule has 0 amide bonds. The van der Waals surface area contributed by atoms with E-state index in [9.17, 15) is 0 Å². The van der Waals surface area contributed by atoms with Gasteiger partial charge in [-0.2, -0.15) is 0 Å². The second kappa shape index (κ2) is 5.52. The van der Waals surface area contributed by atoms with Crippen LogP contribution >= 0.6 is 27.3 Å². The molecule has 3 nitrogen and oxygen atoms in total. The molecule has 2 rings (SSSR count). The topological polar surface area (TPSA) is 37.8 Å². The minimum atomic E-state index is 0.119. The van der Waals surface area contributed by atoms with Crippen molar-refractivity contribution in [3.63, 3.8) is 0 Å². The van der Waals surface area contributed by atoms with E-state index in [2.05, 4.69) is 49.6 Å². The van der Waals surface area contributed by atoms with Gasteiger partial charge in [0.1, 0.15) is 0 Å². The smallest absolute Gasteiger partial charge is 0.0872 e. The summed E-state index contributed by atoms with van der Waals surface area (Å²) in [5.41, 5.74) is 0.951. The minimum absolute atomic E-state index is 0.119. The summed E-state index contributed by atoms with van der Waals surface area (Å²) in [7, 11) is 0. The summed E-state index contributed by atoms with van der Waals surface area (Å²) >= 11 is 5.27. The highest BCUT2D eigenvalue weighted by Gasteiger charge is 2.18. The van der Waals surface area contributed by atoms with Crippen LogP contribution in [-0.2, 0) is 0 Å². The van der Waals surface area contributed by atoms with E-state index in [1.165, 1.54) is 4.88 Å². The zero-order chi connectivity index (χ0) is 11.4. The Labute approximate surface area is 107 Å². The molecule has 0 aliphatic rings. The zero-order valence-electron chi connectivity index (χ0n) is 8.85. The van der Waals surface area contributed by atoms with Crippen molar-refractivity contribution in [2.75, 3.05) is 6.54 Å². The number of hydrogen-bond donors (Lipinski definition) is 1. The van der Waals surface area contributed by atoms with Crippen LogP contribution in [0.15, 0.2) is 34.5 Å². The third-order valence-electron chi connectivity index (χ3n) is 2.19. The number of nitrogens with zero attached hydrogens (tertiary/aromatic N) is 2. The van der Waals surface area contributed by atoms with Gasteiger partial charge in [-0.3, -0.25) is 9.97 Å². The summed E-state index contributed by atoms with van der Waals surface area (Å²) in [5, 5.41) is 5.49. The maximum atomic E-state index is 4.36. The van der Waals surface area contributed by atoms with Gasteiger partial charge in [-0.25, -0.2) is 0 Å². The first kappa shape index (κ1) is 11.7. The van der Waals surface area contributed by atoms with Gasteiger partial charge in [-0.15, -0.1) is 11.3 Å². The number of nitrogens with one attached hydrogen (secondary N) is 1. The third kappa shape index (κ3) is 2.48. The molecule has 2 heterocycles. The molecule has 0 saturated carbocycles. The molecule has 0 radical (unpaired) electrons. The summed E-state index contributed by atoms with van der Waals surface area (Å²) < 4.78 is 1.12. The van der Waals surface area contributed by atoms with Crippen molar-refractivity contribution in [2.45, 2.75) is 13.0 Å². The van der Waals surface area contributed by atoms with Crippen LogP contribution in [0.25, 0.3) is 0 Å². The molecule has 0 aliphatic heterocycles. The molecule has 0 aromatic carbocycles. The van der Waals surface area contributed by atoms with E-state index in [1.807, 2.05) is 0 Å². The first-order valence-corrected chi connectivity index (χ1v) is 6.72. The molecule has 0 fully saturated rings. The molecule has 1 atom stereocenters. The second-order valence-electron chi connectivity index (χ2n) is 3.25. The summed E-state index contributed by atoms with van der Waals surface area (Å²) in [5.74, 6) is 0. The largest absolute Gasteiger partial charge is 0.304 e. The molecule has 2 aromatic heterocycles. The number of rotatable bonds is 4. The number of hydrogen-bond acceptors (Lipinski definition) is 4. The van der Waals surface area contributed by atoms with E-state index in [-0.39, 0.29) is 6.04 Å². The van der Waals surface area contributed by atoms with Gasteiger partial charge in [0.15, 0.2) is 0 Å². The lowest BCUT2D eigenvalue weighted by Gasteiger charge is -2.15. The predicted octanol–water partition coefficient (Wildman–Crippen LogP) is 3.00. The molecule has 0 saturated heterocycles. The molecule has 16 heavy (non-hydrogen) atoms. The van der Waals surface area contributed by atoms with Crippen LogP contribution in [0.2, 0.25) is 0 Å². The molecule has 84 valence electrons. The Hall–Kier alpha value is -0.780. The van der Waals surface area contributed by atoms with Gasteiger partial charge in [-0.05, 0) is 33.9 Å². The zero-order valence-corrected chi connectivity index (χ0v) is 11.3. The predicted molar refractivity (Wildman–Crippen MR) is 69.6 cm³/mol. The monoisotopic (exact) mass is 297 g/mol. The first-order valence-electron chi connectivity index (χ1n) is 5.05. The Morgan fingerprint density at radius 3 is 2.94 bits per heavy atom. The molecule has 2 aromatic rings. The van der Waals surface area contributed by atoms with Gasteiger partial charge in [0, 0.05) is 21.7 Å². The van der Waals surface area contributed by atoms with E-state index in [1.54, 1.807) is 29.9 Å². The summed E-state index contributed by atoms with van der Waals surface area (Å²) in [6.45, 7) is 2.98. The third-order valence-corrected chi connectivity index (χ3v) is 4.13. The molecule has 5 heteroatoms. The van der Waals surface area contributed by atoms with Crippen LogP contribution in [0.3, 0.4) is 0 Å². The lowest BCUT2D eigenvalue weighted by Crippen LogP contribution is -2.22. The van der Waals surface area contributed by atoms with Crippen molar-refractivity contribution >= 4 is 27.3 Å². The summed E-state index contributed by atoms with van der Waals surface area (Å²) in [6.07, 6.45) is 5.22. The molecule has 1 N–H and O–H groups in total. The Balaban J connectivity index is 2.35. The number of aromatic nitrogens is 2. The van der Waals surface area contributed by atoms with Gasteiger partial charge in [-0.1, -0.05) is 6.92 Å². The van der Waals surface area contributed by atoms with E-state index < -0.39 is 0 Å². The van der Waals surface area contributed by atoms with Crippen molar-refractivity contribution in [1.82, 2.24) is 15.3 Å². The fourth-order valence-corrected chi connectivity index (χ4v) is 3.19. The maximum absolute atomic E-state index is 4.36. The van der Waals surface area contributed by atoms with Crippen molar-refractivity contribution in [2.24, 2.45) is 0 Å². The normalized spacial score (nSPS) is 12.6. The summed E-state index contributed by atoms with van der Waals surface area (Å²) in [4.78, 5) is 9.71. The highest BCUT2D eigenvalue weighted by atomic mass is 79.9. The SMILES string of the molecule is CCNC(c1cnccn1)c1sccc1Br. The minimum Gasteiger partial charge on any atom is -0.304 e. The second-order valence-corrected chi connectivity index (χ2v) is 5.06. The molecule has 0 bridgehead atoms. The van der Waals surface area contributed by atoms with Gasteiger partial charge < -0.3 is 5.32 Å². The Kier molecular flexibility index (Phi) is 4.04. The highest BCUT2D eigenvalue weighted by Crippen LogP contribution is 2.31. The lowest BCUT2D eigenvalue weighted by atomic mass is 10.2. The highest BCUT2D eigenvalue weighted by molar-refractivity contribution is 9.10. The maximum Gasteiger partial charge on any atom is 0.0872 e. The van der Waals surface area contributed by atoms with E-state index in [0.29, 0.717) is 0 Å². The van der Waals surface area contributed by atoms with Crippen molar-refractivity contribution in [3.8, 4) is 0 Å². The molecule has 0 aliphatic carbocycles. The average molecular weight is 298 g/mol. The molecule has 1 unspecified atom stereocenters. The lowest BCUT2D eigenvalue weighted by molar-refractivity contribution is 0.620. The van der Waals surface area contributed by atoms with Crippen LogP contribution in [0, 0.1) is 0 Å². The number of thiophene rings is 1. The fraction of sp³-hybridized carbons (Fsp3) is 0.273. The van der Waals surface area contributed by atoms with Crippen LogP contribution in [0.5, 0.6) is 0 Å². The van der Waals surface area contributed by atoms with Gasteiger partial charge >= 0.3 is 0 Å². The Bertz CT molecular complexity index is 444. The van der Waals surface area contributed by atoms with Crippen molar-refractivity contribution in [1.29, 1.82) is 0 Å². The van der Waals surface area contributed by atoms with Crippen molar-refractivity contribution < 1.29 is 0 Å². The van der Waals surface area contributed by atoms with Crippen molar-refractivity contribution in [3.05, 3.63) is 45.1 Å². The van der Waals surface area contributed by atoms with Gasteiger partial charge in [0.25, 0.3) is 0 Å². The molecule has 0 spiro atoms. The van der Waals surface area contributed by atoms with Crippen LogP contribution in [-0.4, -0.2) is 16.5 Å². The fourth-order valence-electron chi connectivity index (χ4n) is 1.51. The van der Waals surface area contributed by atoms with E-state index in [0.717, 1.165) is 16.7 Å². The van der Waals surface area contributed by atoms with Gasteiger partial charge in [0.2, 0.25) is 0 Å². The molecular weight excluding hydrogens is 286 g/mol. The number of halogens is 1. The van der Waals surface area contributed by atoms with E-state index >= 15 is 0 Å². The van der Waals surface area contributed by atoms with Gasteiger partial charge in [0.05, 0.1) is 17.9 Å². The standard InChI is InChI=1S/C11H12BrN3S/c1-2-14-10(9-7-13-4-5-15-9)11-8(12)3-6-16-11/h3-7,10,14H,2H2,1H3. The molecular formula is C11H12BrN3S. The van der Waals surface area contributed by atoms with Crippen LogP contribution in [0.1, 0.15) is 23.5 Å². The quantitative estimate of drug-likeness (QED) is 0.943. The average Bonchev–Trinajstić information content (AvgIpc) is 2.73. The van der Waals surface area contributed by atoms with Crippen LogP contribution < -0.4 is 5.32 Å².